The van der Waals surface area contributed by atoms with E-state index in [0.29, 0.717) is 13.1 Å². The van der Waals surface area contributed by atoms with Crippen LogP contribution in [0.4, 0.5) is 0 Å². The molecule has 2 rings (SSSR count). The molecule has 152 valence electrons. The number of nitrogens with zero attached hydrogens (tertiary/aromatic N) is 1. The van der Waals surface area contributed by atoms with Crippen molar-refractivity contribution >= 4 is 31.9 Å². The third-order valence-electron chi connectivity index (χ3n) is 4.47. The van der Waals surface area contributed by atoms with Gasteiger partial charge in [-0.2, -0.15) is 4.31 Å². The molecule has 0 saturated carbocycles. The monoisotopic (exact) mass is 468 g/mol. The van der Waals surface area contributed by atoms with Gasteiger partial charge < -0.3 is 10.1 Å². The number of halogens is 1. The molecular weight excluding hydrogens is 444 g/mol. The number of benzene rings is 2. The van der Waals surface area contributed by atoms with Gasteiger partial charge in [0.1, 0.15) is 10.6 Å². The first kappa shape index (κ1) is 22.4. The SMILES string of the molecule is CCN(CC)S(=O)(=O)c1cc(C(=O)NC(C)c2ccccc2Br)ccc1OC. The fraction of sp³-hybridized carbons (Fsp3) is 0.350. The predicted molar refractivity (Wildman–Crippen MR) is 113 cm³/mol. The zero-order valence-corrected chi connectivity index (χ0v) is 18.8. The number of hydrogen-bond acceptors (Lipinski definition) is 4. The second-order valence-corrected chi connectivity index (χ2v) is 8.93. The Labute approximate surface area is 175 Å². The highest BCUT2D eigenvalue weighted by Crippen LogP contribution is 2.28. The average molecular weight is 469 g/mol. The van der Waals surface area contributed by atoms with E-state index >= 15 is 0 Å². The predicted octanol–water partition coefficient (Wildman–Crippen LogP) is 3.98. The van der Waals surface area contributed by atoms with Crippen molar-refractivity contribution in [1.29, 1.82) is 0 Å². The van der Waals surface area contributed by atoms with E-state index in [9.17, 15) is 13.2 Å². The smallest absolute Gasteiger partial charge is 0.251 e. The van der Waals surface area contributed by atoms with Crippen LogP contribution < -0.4 is 10.1 Å². The zero-order valence-electron chi connectivity index (χ0n) is 16.4. The molecule has 1 atom stereocenters. The number of sulfonamides is 1. The van der Waals surface area contributed by atoms with Gasteiger partial charge in [-0.05, 0) is 36.8 Å². The molecule has 0 bridgehead atoms. The summed E-state index contributed by atoms with van der Waals surface area (Å²) in [5.41, 5.74) is 1.19. The van der Waals surface area contributed by atoms with E-state index in [2.05, 4.69) is 21.2 Å². The number of nitrogens with one attached hydrogen (secondary N) is 1. The molecule has 0 aliphatic heterocycles. The van der Waals surface area contributed by atoms with Crippen molar-refractivity contribution in [2.24, 2.45) is 0 Å². The van der Waals surface area contributed by atoms with Crippen molar-refractivity contribution in [3.63, 3.8) is 0 Å². The quantitative estimate of drug-likeness (QED) is 0.635. The van der Waals surface area contributed by atoms with E-state index in [0.717, 1.165) is 10.0 Å². The number of carbonyl (C=O) groups is 1. The van der Waals surface area contributed by atoms with E-state index in [4.69, 9.17) is 4.74 Å². The van der Waals surface area contributed by atoms with Crippen LogP contribution in [0.25, 0.3) is 0 Å². The number of hydrogen-bond donors (Lipinski definition) is 1. The molecule has 0 spiro atoms. The number of amides is 1. The lowest BCUT2D eigenvalue weighted by atomic mass is 10.1. The van der Waals surface area contributed by atoms with Crippen LogP contribution in [0.1, 0.15) is 42.7 Å². The van der Waals surface area contributed by atoms with Gasteiger partial charge in [0, 0.05) is 23.1 Å². The van der Waals surface area contributed by atoms with Gasteiger partial charge in [0.15, 0.2) is 0 Å². The van der Waals surface area contributed by atoms with Gasteiger partial charge in [-0.3, -0.25) is 4.79 Å². The molecule has 1 N–H and O–H groups in total. The third kappa shape index (κ3) is 4.74. The molecule has 2 aromatic rings. The average Bonchev–Trinajstić information content (AvgIpc) is 2.68. The number of carbonyl (C=O) groups excluding carboxylic acids is 1. The third-order valence-corrected chi connectivity index (χ3v) is 7.26. The summed E-state index contributed by atoms with van der Waals surface area (Å²) in [6.45, 7) is 6.07. The molecule has 0 aliphatic carbocycles. The Hall–Kier alpha value is -1.90. The lowest BCUT2D eigenvalue weighted by Crippen LogP contribution is -2.31. The molecule has 6 nitrogen and oxygen atoms in total. The molecule has 8 heteroatoms. The minimum atomic E-state index is -3.77. The summed E-state index contributed by atoms with van der Waals surface area (Å²) < 4.78 is 33.3. The van der Waals surface area contributed by atoms with Crippen LogP contribution in [0.15, 0.2) is 51.8 Å². The van der Waals surface area contributed by atoms with Gasteiger partial charge in [0.2, 0.25) is 10.0 Å². The van der Waals surface area contributed by atoms with Gasteiger partial charge in [0.05, 0.1) is 13.2 Å². The highest BCUT2D eigenvalue weighted by Gasteiger charge is 2.27. The van der Waals surface area contributed by atoms with Gasteiger partial charge in [-0.25, -0.2) is 8.42 Å². The zero-order chi connectivity index (χ0) is 20.9. The maximum absolute atomic E-state index is 12.9. The molecule has 0 saturated heterocycles. The second kappa shape index (κ2) is 9.54. The van der Waals surface area contributed by atoms with Gasteiger partial charge in [-0.15, -0.1) is 0 Å². The maximum Gasteiger partial charge on any atom is 0.251 e. The fourth-order valence-corrected chi connectivity index (χ4v) is 5.17. The van der Waals surface area contributed by atoms with Crippen molar-refractivity contribution in [2.45, 2.75) is 31.7 Å². The number of rotatable bonds is 8. The first-order valence-electron chi connectivity index (χ1n) is 8.99. The van der Waals surface area contributed by atoms with Crippen LogP contribution >= 0.6 is 15.9 Å². The Morgan fingerprint density at radius 2 is 1.82 bits per heavy atom. The van der Waals surface area contributed by atoms with E-state index < -0.39 is 10.0 Å². The molecule has 2 aromatic carbocycles. The second-order valence-electron chi connectivity index (χ2n) is 6.17. The Balaban J connectivity index is 2.37. The molecule has 0 aromatic heterocycles. The van der Waals surface area contributed by atoms with Gasteiger partial charge >= 0.3 is 0 Å². The van der Waals surface area contributed by atoms with E-state index in [1.165, 1.54) is 23.5 Å². The maximum atomic E-state index is 12.9. The highest BCUT2D eigenvalue weighted by molar-refractivity contribution is 9.10. The summed E-state index contributed by atoms with van der Waals surface area (Å²) in [7, 11) is -2.36. The molecule has 28 heavy (non-hydrogen) atoms. The summed E-state index contributed by atoms with van der Waals surface area (Å²) in [5, 5.41) is 2.91. The van der Waals surface area contributed by atoms with Crippen LogP contribution in [0.3, 0.4) is 0 Å². The number of ether oxygens (including phenoxy) is 1. The fourth-order valence-electron chi connectivity index (χ4n) is 2.91. The summed E-state index contributed by atoms with van der Waals surface area (Å²) in [5.74, 6) is -0.149. The van der Waals surface area contributed by atoms with Crippen LogP contribution in [0, 0.1) is 0 Å². The van der Waals surface area contributed by atoms with Crippen molar-refractivity contribution in [3.8, 4) is 5.75 Å². The Kier molecular flexibility index (Phi) is 7.63. The molecule has 1 unspecified atom stereocenters. The minimum Gasteiger partial charge on any atom is -0.495 e. The van der Waals surface area contributed by atoms with E-state index in [1.807, 2.05) is 31.2 Å². The first-order valence-corrected chi connectivity index (χ1v) is 11.2. The van der Waals surface area contributed by atoms with Crippen molar-refractivity contribution < 1.29 is 17.9 Å². The summed E-state index contributed by atoms with van der Waals surface area (Å²) in [6, 6.07) is 11.8. The van der Waals surface area contributed by atoms with Crippen LogP contribution in [0.5, 0.6) is 5.75 Å². The molecule has 0 aliphatic rings. The number of methoxy groups -OCH3 is 1. The normalized spacial score (nSPS) is 12.6. The minimum absolute atomic E-state index is 0.0140. The summed E-state index contributed by atoms with van der Waals surface area (Å²) in [4.78, 5) is 12.7. The van der Waals surface area contributed by atoms with Gasteiger partial charge in [0.25, 0.3) is 5.91 Å². The van der Waals surface area contributed by atoms with Crippen molar-refractivity contribution in [1.82, 2.24) is 9.62 Å². The Bertz CT molecular complexity index is 943. The standard InChI is InChI=1S/C20H25BrN2O4S/c1-5-23(6-2)28(25,26)19-13-15(11-12-18(19)27-4)20(24)22-14(3)16-9-7-8-10-17(16)21/h7-14H,5-6H2,1-4H3,(H,22,24). The molecule has 0 heterocycles. The van der Waals surface area contributed by atoms with Crippen LogP contribution in [-0.2, 0) is 10.0 Å². The first-order chi connectivity index (χ1) is 13.3. The lowest BCUT2D eigenvalue weighted by Gasteiger charge is -2.21. The lowest BCUT2D eigenvalue weighted by molar-refractivity contribution is 0.0939. The van der Waals surface area contributed by atoms with E-state index in [1.54, 1.807) is 19.9 Å². The topological polar surface area (TPSA) is 75.7 Å². The highest BCUT2D eigenvalue weighted by atomic mass is 79.9. The molecule has 0 radical (unpaired) electrons. The van der Waals surface area contributed by atoms with Gasteiger partial charge in [-0.1, -0.05) is 48.0 Å². The summed E-state index contributed by atoms with van der Waals surface area (Å²) in [6.07, 6.45) is 0. The van der Waals surface area contributed by atoms with Crippen molar-refractivity contribution in [2.75, 3.05) is 20.2 Å². The van der Waals surface area contributed by atoms with E-state index in [-0.39, 0.29) is 28.2 Å². The van der Waals surface area contributed by atoms with Crippen LogP contribution in [0.2, 0.25) is 0 Å². The Morgan fingerprint density at radius 3 is 2.39 bits per heavy atom. The molecular formula is C20H25BrN2O4S. The van der Waals surface area contributed by atoms with Crippen LogP contribution in [-0.4, -0.2) is 38.8 Å². The Morgan fingerprint density at radius 1 is 1.18 bits per heavy atom. The molecule has 1 amide bonds. The summed E-state index contributed by atoms with van der Waals surface area (Å²) >= 11 is 3.48. The largest absolute Gasteiger partial charge is 0.495 e. The molecule has 0 fully saturated rings. The van der Waals surface area contributed by atoms with Crippen molar-refractivity contribution in [3.05, 3.63) is 58.1 Å².